The Hall–Kier alpha value is -1.67. The lowest BCUT2D eigenvalue weighted by atomic mass is 10.1. The van der Waals surface area contributed by atoms with Crippen LogP contribution in [0.3, 0.4) is 0 Å². The Bertz CT molecular complexity index is 720. The molecule has 1 aromatic carbocycles. The number of hydrogen-bond acceptors (Lipinski definition) is 4. The van der Waals surface area contributed by atoms with Crippen LogP contribution < -0.4 is 0 Å². The van der Waals surface area contributed by atoms with E-state index < -0.39 is 27.5 Å². The summed E-state index contributed by atoms with van der Waals surface area (Å²) in [5, 5.41) is -0.500. The van der Waals surface area contributed by atoms with Gasteiger partial charge in [0.2, 0.25) is 10.0 Å². The molecule has 2 aliphatic heterocycles. The van der Waals surface area contributed by atoms with Crippen molar-refractivity contribution in [2.24, 2.45) is 0 Å². The minimum Gasteiger partial charge on any atom is -0.442 e. The molecule has 6 nitrogen and oxygen atoms in total. The minimum absolute atomic E-state index is 0.212. The van der Waals surface area contributed by atoms with Crippen molar-refractivity contribution >= 4 is 16.1 Å². The van der Waals surface area contributed by atoms with Crippen LogP contribution in [0.4, 0.5) is 9.18 Å². The van der Waals surface area contributed by atoms with Crippen molar-refractivity contribution < 1.29 is 22.3 Å². The summed E-state index contributed by atoms with van der Waals surface area (Å²) in [6.07, 6.45) is -0.261. The van der Waals surface area contributed by atoms with E-state index in [0.717, 1.165) is 5.56 Å². The summed E-state index contributed by atoms with van der Waals surface area (Å²) in [6, 6.07) is 5.86. The van der Waals surface area contributed by atoms with E-state index in [1.807, 2.05) is 0 Å². The molecule has 0 aliphatic carbocycles. The Morgan fingerprint density at radius 1 is 1.25 bits per heavy atom. The predicted molar refractivity (Wildman–Crippen MR) is 86.5 cm³/mol. The largest absolute Gasteiger partial charge is 0.442 e. The number of carbonyl (C=O) groups is 1. The minimum atomic E-state index is -3.36. The molecule has 0 bridgehead atoms. The highest BCUT2D eigenvalue weighted by molar-refractivity contribution is 7.89. The van der Waals surface area contributed by atoms with Gasteiger partial charge in [0.1, 0.15) is 11.9 Å². The molecule has 2 heterocycles. The lowest BCUT2D eigenvalue weighted by molar-refractivity contribution is 0.129. The lowest BCUT2D eigenvalue weighted by Gasteiger charge is -2.23. The van der Waals surface area contributed by atoms with Crippen LogP contribution >= 0.6 is 0 Å². The van der Waals surface area contributed by atoms with E-state index in [9.17, 15) is 17.6 Å². The molecule has 2 saturated heterocycles. The first-order valence-corrected chi connectivity index (χ1v) is 9.50. The van der Waals surface area contributed by atoms with Gasteiger partial charge in [-0.15, -0.1) is 0 Å². The number of fused-ring (bicyclic) bond motifs is 1. The zero-order chi connectivity index (χ0) is 17.5. The van der Waals surface area contributed by atoms with Crippen molar-refractivity contribution in [3.8, 4) is 0 Å². The van der Waals surface area contributed by atoms with Crippen LogP contribution in [0, 0.1) is 5.82 Å². The van der Waals surface area contributed by atoms with Gasteiger partial charge in [0.05, 0.1) is 17.8 Å². The predicted octanol–water partition coefficient (Wildman–Crippen LogP) is 1.61. The summed E-state index contributed by atoms with van der Waals surface area (Å²) in [4.78, 5) is 13.6. The molecule has 0 unspecified atom stereocenters. The van der Waals surface area contributed by atoms with E-state index in [-0.39, 0.29) is 24.9 Å². The number of nitrogens with zero attached hydrogens (tertiary/aromatic N) is 2. The van der Waals surface area contributed by atoms with E-state index >= 15 is 0 Å². The van der Waals surface area contributed by atoms with Gasteiger partial charge < -0.3 is 4.74 Å². The zero-order valence-corrected chi connectivity index (χ0v) is 14.5. The molecule has 24 heavy (non-hydrogen) atoms. The van der Waals surface area contributed by atoms with E-state index in [2.05, 4.69) is 0 Å². The van der Waals surface area contributed by atoms with E-state index in [1.54, 1.807) is 30.9 Å². The van der Waals surface area contributed by atoms with Crippen LogP contribution in [-0.4, -0.2) is 60.7 Å². The van der Waals surface area contributed by atoms with Gasteiger partial charge >= 0.3 is 6.09 Å². The topological polar surface area (TPSA) is 66.9 Å². The third kappa shape index (κ3) is 3.12. The number of amides is 1. The summed E-state index contributed by atoms with van der Waals surface area (Å²) in [5.41, 5.74) is 0.914. The van der Waals surface area contributed by atoms with Gasteiger partial charge in [-0.1, -0.05) is 12.1 Å². The fraction of sp³-hybridized carbons (Fsp3) is 0.562. The second-order valence-electron chi connectivity index (χ2n) is 6.47. The van der Waals surface area contributed by atoms with Gasteiger partial charge in [-0.2, -0.15) is 4.31 Å². The summed E-state index contributed by atoms with van der Waals surface area (Å²) in [6.45, 7) is 4.18. The molecule has 2 atom stereocenters. The maximum absolute atomic E-state index is 12.9. The van der Waals surface area contributed by atoms with Gasteiger partial charge in [-0.3, -0.25) is 4.90 Å². The maximum Gasteiger partial charge on any atom is 0.410 e. The third-order valence-corrected chi connectivity index (χ3v) is 6.81. The van der Waals surface area contributed by atoms with Crippen LogP contribution in [0.5, 0.6) is 0 Å². The Balaban J connectivity index is 1.67. The molecule has 2 aliphatic rings. The van der Waals surface area contributed by atoms with Crippen molar-refractivity contribution in [2.45, 2.75) is 37.7 Å². The highest BCUT2D eigenvalue weighted by Gasteiger charge is 2.50. The molecule has 0 N–H and O–H groups in total. The molecular formula is C16H21FN2O4S. The molecule has 132 valence electrons. The maximum atomic E-state index is 12.9. The van der Waals surface area contributed by atoms with E-state index in [1.165, 1.54) is 16.4 Å². The van der Waals surface area contributed by atoms with Gasteiger partial charge in [-0.05, 0) is 38.0 Å². The number of halogens is 1. The summed E-state index contributed by atoms with van der Waals surface area (Å²) in [5.74, 6) is -0.301. The number of carbonyl (C=O) groups excluding carboxylic acids is 1. The Kier molecular flexibility index (Phi) is 4.52. The molecule has 8 heteroatoms. The molecular weight excluding hydrogens is 335 g/mol. The van der Waals surface area contributed by atoms with Crippen LogP contribution in [-0.2, 0) is 21.2 Å². The molecule has 3 rings (SSSR count). The third-order valence-electron chi connectivity index (χ3n) is 4.60. The van der Waals surface area contributed by atoms with Gasteiger partial charge in [0.15, 0.2) is 0 Å². The fourth-order valence-corrected chi connectivity index (χ4v) is 4.45. The molecule has 1 aromatic rings. The van der Waals surface area contributed by atoms with Crippen molar-refractivity contribution in [1.29, 1.82) is 0 Å². The van der Waals surface area contributed by atoms with Crippen LogP contribution in [0.25, 0.3) is 0 Å². The van der Waals surface area contributed by atoms with Crippen LogP contribution in [0.2, 0.25) is 0 Å². The van der Waals surface area contributed by atoms with Crippen molar-refractivity contribution in [2.75, 3.05) is 19.6 Å². The molecule has 0 aromatic heterocycles. The number of ether oxygens (including phenoxy) is 1. The zero-order valence-electron chi connectivity index (χ0n) is 13.7. The number of hydrogen-bond donors (Lipinski definition) is 0. The van der Waals surface area contributed by atoms with E-state index in [4.69, 9.17) is 4.74 Å². The molecule has 1 amide bonds. The summed E-state index contributed by atoms with van der Waals surface area (Å²) >= 11 is 0. The smallest absolute Gasteiger partial charge is 0.410 e. The van der Waals surface area contributed by atoms with Gasteiger partial charge in [0.25, 0.3) is 0 Å². The second-order valence-corrected chi connectivity index (χ2v) is 8.96. The van der Waals surface area contributed by atoms with E-state index in [0.29, 0.717) is 13.0 Å². The average molecular weight is 356 g/mol. The number of sulfonamides is 1. The van der Waals surface area contributed by atoms with Crippen molar-refractivity contribution in [3.63, 3.8) is 0 Å². The standard InChI is InChI=1S/C16H21FN2O4S/c1-11(2)24(21,22)18-9-14-15(10-18)23-16(20)19(14)8-7-12-3-5-13(17)6-4-12/h3-6,11,14-15H,7-10H2,1-2H3/t14-,15+/m1/s1. The summed E-state index contributed by atoms with van der Waals surface area (Å²) < 4.78 is 44.3. The van der Waals surface area contributed by atoms with Gasteiger partial charge in [0, 0.05) is 13.1 Å². The van der Waals surface area contributed by atoms with Crippen LogP contribution in [0.1, 0.15) is 19.4 Å². The fourth-order valence-electron chi connectivity index (χ4n) is 3.13. The normalized spacial score (nSPS) is 24.5. The van der Waals surface area contributed by atoms with Crippen LogP contribution in [0.15, 0.2) is 24.3 Å². The Morgan fingerprint density at radius 2 is 1.92 bits per heavy atom. The molecule has 0 saturated carbocycles. The number of benzene rings is 1. The monoisotopic (exact) mass is 356 g/mol. The first-order chi connectivity index (χ1) is 11.3. The highest BCUT2D eigenvalue weighted by Crippen LogP contribution is 2.29. The second kappa shape index (κ2) is 6.33. The molecule has 0 radical (unpaired) electrons. The summed E-state index contributed by atoms with van der Waals surface area (Å²) in [7, 11) is -3.36. The molecule has 2 fully saturated rings. The first-order valence-electron chi connectivity index (χ1n) is 7.99. The highest BCUT2D eigenvalue weighted by atomic mass is 32.2. The van der Waals surface area contributed by atoms with Gasteiger partial charge in [-0.25, -0.2) is 17.6 Å². The number of rotatable bonds is 5. The average Bonchev–Trinajstić information content (AvgIpc) is 3.05. The first kappa shape index (κ1) is 17.2. The SMILES string of the molecule is CC(C)S(=O)(=O)N1C[C@@H]2OC(=O)N(CCc3ccc(F)cc3)[C@@H]2C1. The Labute approximate surface area is 141 Å². The van der Waals surface area contributed by atoms with Crippen molar-refractivity contribution in [1.82, 2.24) is 9.21 Å². The quantitative estimate of drug-likeness (QED) is 0.804. The van der Waals surface area contributed by atoms with Crippen molar-refractivity contribution in [3.05, 3.63) is 35.6 Å². The molecule has 0 spiro atoms. The Morgan fingerprint density at radius 3 is 2.54 bits per heavy atom. The lowest BCUT2D eigenvalue weighted by Crippen LogP contribution is -2.41.